The predicted octanol–water partition coefficient (Wildman–Crippen LogP) is 3.69. The van der Waals surface area contributed by atoms with E-state index in [9.17, 15) is 8.78 Å². The van der Waals surface area contributed by atoms with Crippen LogP contribution < -0.4 is 10.5 Å². The van der Waals surface area contributed by atoms with Gasteiger partial charge in [0, 0.05) is 10.6 Å². The smallest absolute Gasteiger partial charge is 0.198 e. The Morgan fingerprint density at radius 2 is 1.79 bits per heavy atom. The molecule has 19 heavy (non-hydrogen) atoms. The van der Waals surface area contributed by atoms with Gasteiger partial charge in [0.1, 0.15) is 11.6 Å². The van der Waals surface area contributed by atoms with Gasteiger partial charge in [0.15, 0.2) is 17.4 Å². The summed E-state index contributed by atoms with van der Waals surface area (Å²) in [6.07, 6.45) is 0. The van der Waals surface area contributed by atoms with Crippen LogP contribution in [-0.2, 0) is 0 Å². The van der Waals surface area contributed by atoms with E-state index >= 15 is 0 Å². The van der Waals surface area contributed by atoms with Gasteiger partial charge < -0.3 is 10.5 Å². The molecule has 0 aliphatic carbocycles. The van der Waals surface area contributed by atoms with Crippen LogP contribution in [0.2, 0.25) is 5.02 Å². The van der Waals surface area contributed by atoms with Crippen LogP contribution in [0, 0.1) is 17.0 Å². The van der Waals surface area contributed by atoms with E-state index < -0.39 is 23.2 Å². The number of rotatable bonds is 3. The third-order valence-corrected chi connectivity index (χ3v) is 2.56. The first-order valence-electron chi connectivity index (χ1n) is 5.24. The van der Waals surface area contributed by atoms with Gasteiger partial charge in [-0.25, -0.2) is 8.78 Å². The highest BCUT2D eigenvalue weighted by Crippen LogP contribution is 2.29. The van der Waals surface area contributed by atoms with Crippen molar-refractivity contribution < 1.29 is 13.5 Å². The molecule has 98 valence electrons. The van der Waals surface area contributed by atoms with E-state index in [1.54, 1.807) is 12.1 Å². The Balaban J connectivity index is 2.38. The average molecular weight is 283 g/mol. The second kappa shape index (κ2) is 5.24. The largest absolute Gasteiger partial charge is 0.451 e. The first kappa shape index (κ1) is 13.3. The van der Waals surface area contributed by atoms with Gasteiger partial charge in [-0.05, 0) is 30.3 Å². The monoisotopic (exact) mass is 282 g/mol. The van der Waals surface area contributed by atoms with Gasteiger partial charge in [-0.3, -0.25) is 5.41 Å². The van der Waals surface area contributed by atoms with Crippen LogP contribution in [0.25, 0.3) is 0 Å². The summed E-state index contributed by atoms with van der Waals surface area (Å²) in [4.78, 5) is 0. The summed E-state index contributed by atoms with van der Waals surface area (Å²) in [6, 6.07) is 8.02. The summed E-state index contributed by atoms with van der Waals surface area (Å²) in [5.41, 5.74) is 5.12. The highest BCUT2D eigenvalue weighted by atomic mass is 35.5. The van der Waals surface area contributed by atoms with Crippen molar-refractivity contribution in [2.24, 2.45) is 5.73 Å². The van der Waals surface area contributed by atoms with Gasteiger partial charge in [-0.15, -0.1) is 0 Å². The molecule has 2 rings (SSSR count). The highest BCUT2D eigenvalue weighted by Gasteiger charge is 2.14. The van der Waals surface area contributed by atoms with E-state index in [2.05, 4.69) is 0 Å². The molecular formula is C13H9ClF2N2O. The van der Waals surface area contributed by atoms with Crippen LogP contribution >= 0.6 is 11.6 Å². The van der Waals surface area contributed by atoms with Crippen molar-refractivity contribution in [2.45, 2.75) is 0 Å². The first-order chi connectivity index (χ1) is 8.97. The predicted molar refractivity (Wildman–Crippen MR) is 68.9 cm³/mol. The van der Waals surface area contributed by atoms with Crippen LogP contribution in [0.3, 0.4) is 0 Å². The number of nitrogen functional groups attached to an aromatic ring is 1. The zero-order valence-corrected chi connectivity index (χ0v) is 10.3. The summed E-state index contributed by atoms with van der Waals surface area (Å²) >= 11 is 5.75. The molecule has 3 nitrogen and oxygen atoms in total. The molecule has 0 saturated heterocycles. The van der Waals surface area contributed by atoms with E-state index in [0.717, 1.165) is 12.1 Å². The van der Waals surface area contributed by atoms with Gasteiger partial charge in [0.05, 0.1) is 0 Å². The lowest BCUT2D eigenvalue weighted by molar-refractivity contribution is 0.407. The molecule has 0 aliphatic heterocycles. The lowest BCUT2D eigenvalue weighted by Crippen LogP contribution is -2.12. The molecule has 0 bridgehead atoms. The van der Waals surface area contributed by atoms with Crippen molar-refractivity contribution in [3.05, 3.63) is 58.6 Å². The first-order valence-corrected chi connectivity index (χ1v) is 5.62. The number of amidine groups is 1. The molecule has 0 fully saturated rings. The molecule has 0 heterocycles. The van der Waals surface area contributed by atoms with Crippen LogP contribution in [0.4, 0.5) is 8.78 Å². The molecule has 0 aliphatic rings. The maximum absolute atomic E-state index is 13.7. The third kappa shape index (κ3) is 3.00. The van der Waals surface area contributed by atoms with Crippen molar-refractivity contribution >= 4 is 17.4 Å². The number of hydrogen-bond acceptors (Lipinski definition) is 2. The standard InChI is InChI=1S/C13H9ClF2N2O/c14-8-2-1-3-9(6-8)19-12-10(15)4-7(13(17)18)5-11(12)16/h1-6H,(H3,17,18). The van der Waals surface area contributed by atoms with Crippen molar-refractivity contribution in [3.63, 3.8) is 0 Å². The molecule has 3 N–H and O–H groups in total. The van der Waals surface area contributed by atoms with Gasteiger partial charge in [-0.1, -0.05) is 17.7 Å². The summed E-state index contributed by atoms with van der Waals surface area (Å²) in [5.74, 6) is -2.66. The molecule has 0 aromatic heterocycles. The van der Waals surface area contributed by atoms with Crippen molar-refractivity contribution in [2.75, 3.05) is 0 Å². The number of benzene rings is 2. The quantitative estimate of drug-likeness (QED) is 0.666. The van der Waals surface area contributed by atoms with Crippen LogP contribution in [0.1, 0.15) is 5.56 Å². The maximum Gasteiger partial charge on any atom is 0.198 e. The number of hydrogen-bond donors (Lipinski definition) is 2. The molecule has 0 spiro atoms. The highest BCUT2D eigenvalue weighted by molar-refractivity contribution is 6.30. The summed E-state index contributed by atoms with van der Waals surface area (Å²) < 4.78 is 32.5. The molecule has 2 aromatic carbocycles. The fraction of sp³-hybridized carbons (Fsp3) is 0. The fourth-order valence-corrected chi connectivity index (χ4v) is 1.64. The molecule has 0 saturated carbocycles. The minimum absolute atomic E-state index is 0.0477. The Bertz CT molecular complexity index is 623. The number of nitrogens with two attached hydrogens (primary N) is 1. The van der Waals surface area contributed by atoms with E-state index in [1.165, 1.54) is 12.1 Å². The maximum atomic E-state index is 13.7. The van der Waals surface area contributed by atoms with Gasteiger partial charge in [0.2, 0.25) is 0 Å². The Labute approximate surface area is 113 Å². The zero-order valence-electron chi connectivity index (χ0n) is 9.58. The van der Waals surface area contributed by atoms with Crippen molar-refractivity contribution in [3.8, 4) is 11.5 Å². The lowest BCUT2D eigenvalue weighted by Gasteiger charge is -2.09. The molecule has 0 unspecified atom stereocenters. The molecule has 0 atom stereocenters. The van der Waals surface area contributed by atoms with Gasteiger partial charge >= 0.3 is 0 Å². The van der Waals surface area contributed by atoms with Gasteiger partial charge in [0.25, 0.3) is 0 Å². The summed E-state index contributed by atoms with van der Waals surface area (Å²) in [5, 5.41) is 7.52. The molecular weight excluding hydrogens is 274 g/mol. The number of ether oxygens (including phenoxy) is 1. The SMILES string of the molecule is N=C(N)c1cc(F)c(Oc2cccc(Cl)c2)c(F)c1. The van der Waals surface area contributed by atoms with E-state index in [0.29, 0.717) is 5.02 Å². The topological polar surface area (TPSA) is 59.1 Å². The second-order valence-electron chi connectivity index (χ2n) is 3.74. The minimum Gasteiger partial charge on any atom is -0.451 e. The van der Waals surface area contributed by atoms with Crippen LogP contribution in [-0.4, -0.2) is 5.84 Å². The summed E-state index contributed by atoms with van der Waals surface area (Å²) in [6.45, 7) is 0. The lowest BCUT2D eigenvalue weighted by atomic mass is 10.2. The molecule has 0 radical (unpaired) electrons. The Morgan fingerprint density at radius 3 is 2.32 bits per heavy atom. The second-order valence-corrected chi connectivity index (χ2v) is 4.18. The third-order valence-electron chi connectivity index (χ3n) is 2.33. The number of nitrogens with one attached hydrogen (secondary N) is 1. The Kier molecular flexibility index (Phi) is 3.66. The van der Waals surface area contributed by atoms with Crippen LogP contribution in [0.15, 0.2) is 36.4 Å². The fourth-order valence-electron chi connectivity index (χ4n) is 1.46. The normalized spacial score (nSPS) is 10.3. The van der Waals surface area contributed by atoms with E-state index in [-0.39, 0.29) is 11.3 Å². The Morgan fingerprint density at radius 1 is 1.16 bits per heavy atom. The average Bonchev–Trinajstić information content (AvgIpc) is 2.33. The minimum atomic E-state index is -0.940. The molecule has 0 amide bonds. The Hall–Kier alpha value is -2.14. The zero-order chi connectivity index (χ0) is 14.0. The van der Waals surface area contributed by atoms with Crippen molar-refractivity contribution in [1.29, 1.82) is 5.41 Å². The number of halogens is 3. The summed E-state index contributed by atoms with van der Waals surface area (Å²) in [7, 11) is 0. The van der Waals surface area contributed by atoms with E-state index in [4.69, 9.17) is 27.5 Å². The van der Waals surface area contributed by atoms with E-state index in [1.807, 2.05) is 0 Å². The van der Waals surface area contributed by atoms with Crippen LogP contribution in [0.5, 0.6) is 11.5 Å². The molecule has 2 aromatic rings. The van der Waals surface area contributed by atoms with Gasteiger partial charge in [-0.2, -0.15) is 0 Å². The molecule has 6 heteroatoms. The van der Waals surface area contributed by atoms with Crippen molar-refractivity contribution in [1.82, 2.24) is 0 Å².